The lowest BCUT2D eigenvalue weighted by atomic mass is 10.0. The van der Waals surface area contributed by atoms with Crippen molar-refractivity contribution in [2.45, 2.75) is 26.6 Å². The lowest BCUT2D eigenvalue weighted by Crippen LogP contribution is -2.17. The van der Waals surface area contributed by atoms with Crippen LogP contribution in [0.1, 0.15) is 29.8 Å². The summed E-state index contributed by atoms with van der Waals surface area (Å²) in [6.07, 6.45) is 2.14. The first-order valence-corrected chi connectivity index (χ1v) is 10.7. The number of nitrogens with zero attached hydrogens (tertiary/aromatic N) is 2. The zero-order valence-corrected chi connectivity index (χ0v) is 18.8. The summed E-state index contributed by atoms with van der Waals surface area (Å²) in [5, 5.41) is 16.7. The lowest BCUT2D eigenvalue weighted by Gasteiger charge is -2.15. The summed E-state index contributed by atoms with van der Waals surface area (Å²) in [5.74, 6) is 0.406. The van der Waals surface area contributed by atoms with Gasteiger partial charge in [0.1, 0.15) is 17.5 Å². The molecule has 1 unspecified atom stereocenters. The number of aromatic nitrogens is 2. The van der Waals surface area contributed by atoms with Gasteiger partial charge in [0.15, 0.2) is 5.76 Å². The van der Waals surface area contributed by atoms with Crippen molar-refractivity contribution in [1.29, 1.82) is 0 Å². The van der Waals surface area contributed by atoms with Gasteiger partial charge in [-0.05, 0) is 43.2 Å². The molecule has 0 saturated heterocycles. The minimum absolute atomic E-state index is 0.0926. The largest absolute Gasteiger partial charge is 0.441 e. The van der Waals surface area contributed by atoms with Crippen molar-refractivity contribution in [2.75, 3.05) is 5.32 Å². The molecule has 2 aromatic heterocycles. The quantitative estimate of drug-likeness (QED) is 0.355. The molecule has 0 spiro atoms. The van der Waals surface area contributed by atoms with Gasteiger partial charge in [0.25, 0.3) is 0 Å². The van der Waals surface area contributed by atoms with Crippen LogP contribution in [-0.2, 0) is 11.3 Å². The van der Waals surface area contributed by atoms with E-state index >= 15 is 0 Å². The summed E-state index contributed by atoms with van der Waals surface area (Å²) in [6.45, 7) is 3.39. The van der Waals surface area contributed by atoms with Crippen molar-refractivity contribution in [3.05, 3.63) is 88.8 Å². The molecular formula is C25H22ClN3O4. The Morgan fingerprint density at radius 1 is 1.12 bits per heavy atom. The maximum Gasteiger partial charge on any atom is 0.412 e. The van der Waals surface area contributed by atoms with Gasteiger partial charge in [-0.3, -0.25) is 10.3 Å². The Bertz CT molecular complexity index is 1290. The molecule has 2 aromatic carbocycles. The van der Waals surface area contributed by atoms with Crippen molar-refractivity contribution in [1.82, 2.24) is 10.1 Å². The van der Waals surface area contributed by atoms with Crippen LogP contribution in [0.25, 0.3) is 22.5 Å². The minimum atomic E-state index is -0.647. The summed E-state index contributed by atoms with van der Waals surface area (Å²) in [7, 11) is 0. The molecule has 4 rings (SSSR count). The highest BCUT2D eigenvalue weighted by molar-refractivity contribution is 6.31. The number of halogens is 1. The molecule has 0 radical (unpaired) electrons. The third kappa shape index (κ3) is 5.05. The molecule has 0 bridgehead atoms. The summed E-state index contributed by atoms with van der Waals surface area (Å²) in [5.41, 5.74) is 4.81. The van der Waals surface area contributed by atoms with E-state index in [0.29, 0.717) is 33.3 Å². The number of aliphatic hydroxyl groups is 1. The molecule has 2 N–H and O–H groups in total. The van der Waals surface area contributed by atoms with Crippen LogP contribution in [0.5, 0.6) is 0 Å². The monoisotopic (exact) mass is 463 g/mol. The molecule has 168 valence electrons. The Morgan fingerprint density at radius 2 is 1.91 bits per heavy atom. The Balaban J connectivity index is 1.57. The van der Waals surface area contributed by atoms with E-state index in [1.54, 1.807) is 32.3 Å². The maximum atomic E-state index is 12.6. The molecule has 1 amide bonds. The highest BCUT2D eigenvalue weighted by atomic mass is 35.5. The number of hydrogen-bond donors (Lipinski definition) is 2. The molecule has 0 fully saturated rings. The second-order valence-corrected chi connectivity index (χ2v) is 7.89. The number of hydrogen-bond acceptors (Lipinski definition) is 6. The fourth-order valence-electron chi connectivity index (χ4n) is 3.45. The second kappa shape index (κ2) is 9.85. The second-order valence-electron chi connectivity index (χ2n) is 7.49. The molecule has 0 aliphatic rings. The van der Waals surface area contributed by atoms with Crippen LogP contribution < -0.4 is 5.32 Å². The van der Waals surface area contributed by atoms with Crippen LogP contribution in [0.4, 0.5) is 10.5 Å². The number of carbonyl (C=O) groups is 1. The Kier molecular flexibility index (Phi) is 6.72. The van der Waals surface area contributed by atoms with Gasteiger partial charge in [0.05, 0.1) is 6.61 Å². The highest BCUT2D eigenvalue weighted by Gasteiger charge is 2.21. The molecule has 8 heteroatoms. The SMILES string of the molecule is Cc1noc(-c2cccc(-c3cncc(CO)c3)c2)c1NC(=O)OC(C)c1ccccc1Cl. The minimum Gasteiger partial charge on any atom is -0.441 e. The van der Waals surface area contributed by atoms with E-state index in [0.717, 1.165) is 16.7 Å². The first kappa shape index (κ1) is 22.5. The van der Waals surface area contributed by atoms with Crippen molar-refractivity contribution in [2.24, 2.45) is 0 Å². The number of benzene rings is 2. The van der Waals surface area contributed by atoms with Crippen molar-refractivity contribution >= 4 is 23.4 Å². The number of aliphatic hydroxyl groups excluding tert-OH is 1. The number of carbonyl (C=O) groups excluding carboxylic acids is 1. The molecule has 33 heavy (non-hydrogen) atoms. The van der Waals surface area contributed by atoms with Crippen molar-refractivity contribution < 1.29 is 19.2 Å². The first-order valence-electron chi connectivity index (χ1n) is 10.3. The predicted octanol–water partition coefficient (Wildman–Crippen LogP) is 6.17. The summed E-state index contributed by atoms with van der Waals surface area (Å²) >= 11 is 6.21. The number of aryl methyl sites for hydroxylation is 1. The van der Waals surface area contributed by atoms with Gasteiger partial charge in [-0.25, -0.2) is 4.79 Å². The van der Waals surface area contributed by atoms with Crippen LogP contribution in [-0.4, -0.2) is 21.3 Å². The van der Waals surface area contributed by atoms with Crippen LogP contribution >= 0.6 is 11.6 Å². The van der Waals surface area contributed by atoms with E-state index in [1.807, 2.05) is 48.5 Å². The van der Waals surface area contributed by atoms with E-state index in [2.05, 4.69) is 15.5 Å². The van der Waals surface area contributed by atoms with E-state index < -0.39 is 12.2 Å². The third-order valence-electron chi connectivity index (χ3n) is 5.15. The number of amides is 1. The fourth-order valence-corrected chi connectivity index (χ4v) is 3.74. The zero-order valence-electron chi connectivity index (χ0n) is 18.1. The number of nitrogens with one attached hydrogen (secondary N) is 1. The summed E-state index contributed by atoms with van der Waals surface area (Å²) < 4.78 is 11.0. The molecule has 7 nitrogen and oxygen atoms in total. The average Bonchev–Trinajstić information content (AvgIpc) is 3.19. The standard InChI is InChI=1S/C25H22ClN3O4/c1-15-23(28-25(31)32-16(2)21-8-3-4-9-22(21)26)24(33-29-15)19-7-5-6-18(11-19)20-10-17(14-30)12-27-13-20/h3-13,16,30H,14H2,1-2H3,(H,28,31). The predicted molar refractivity (Wildman–Crippen MR) is 126 cm³/mol. The summed E-state index contributed by atoms with van der Waals surface area (Å²) in [4.78, 5) is 16.8. The molecule has 0 aliphatic heterocycles. The van der Waals surface area contributed by atoms with Gasteiger partial charge < -0.3 is 14.4 Å². The zero-order chi connectivity index (χ0) is 23.4. The topological polar surface area (TPSA) is 97.5 Å². The van der Waals surface area contributed by atoms with Crippen molar-refractivity contribution in [3.63, 3.8) is 0 Å². The Morgan fingerprint density at radius 3 is 2.70 bits per heavy atom. The van der Waals surface area contributed by atoms with E-state index in [-0.39, 0.29) is 6.61 Å². The van der Waals surface area contributed by atoms with E-state index in [9.17, 15) is 9.90 Å². The van der Waals surface area contributed by atoms with Gasteiger partial charge in [-0.15, -0.1) is 0 Å². The van der Waals surface area contributed by atoms with E-state index in [1.165, 1.54) is 0 Å². The maximum absolute atomic E-state index is 12.6. The molecule has 0 aliphatic carbocycles. The van der Waals surface area contributed by atoms with Gasteiger partial charge >= 0.3 is 6.09 Å². The van der Waals surface area contributed by atoms with Gasteiger partial charge in [0, 0.05) is 34.1 Å². The lowest BCUT2D eigenvalue weighted by molar-refractivity contribution is 0.121. The van der Waals surface area contributed by atoms with Crippen LogP contribution in [0, 0.1) is 6.92 Å². The molecular weight excluding hydrogens is 442 g/mol. The Labute approximate surface area is 196 Å². The molecule has 2 heterocycles. The van der Waals surface area contributed by atoms with Crippen LogP contribution in [0.2, 0.25) is 5.02 Å². The fraction of sp³-hybridized carbons (Fsp3) is 0.160. The van der Waals surface area contributed by atoms with Gasteiger partial charge in [0.2, 0.25) is 0 Å². The Hall–Kier alpha value is -3.68. The van der Waals surface area contributed by atoms with E-state index in [4.69, 9.17) is 20.9 Å². The normalized spacial score (nSPS) is 11.8. The van der Waals surface area contributed by atoms with Crippen LogP contribution in [0.3, 0.4) is 0 Å². The average molecular weight is 464 g/mol. The first-order chi connectivity index (χ1) is 16.0. The smallest absolute Gasteiger partial charge is 0.412 e. The number of rotatable bonds is 6. The number of pyridine rings is 1. The summed E-state index contributed by atoms with van der Waals surface area (Å²) in [6, 6.07) is 16.6. The highest BCUT2D eigenvalue weighted by Crippen LogP contribution is 2.34. The van der Waals surface area contributed by atoms with Crippen LogP contribution in [0.15, 0.2) is 71.5 Å². The third-order valence-corrected chi connectivity index (χ3v) is 5.50. The molecule has 0 saturated carbocycles. The number of ether oxygens (including phenoxy) is 1. The van der Waals surface area contributed by atoms with Gasteiger partial charge in [-0.2, -0.15) is 0 Å². The molecule has 1 atom stereocenters. The molecule has 4 aromatic rings. The van der Waals surface area contributed by atoms with Crippen molar-refractivity contribution in [3.8, 4) is 22.5 Å². The number of anilines is 1. The van der Waals surface area contributed by atoms with Gasteiger partial charge in [-0.1, -0.05) is 53.2 Å².